The van der Waals surface area contributed by atoms with Crippen molar-refractivity contribution in [3.05, 3.63) is 35.4 Å². The molecule has 9 nitrogen and oxygen atoms in total. The van der Waals surface area contributed by atoms with Gasteiger partial charge in [-0.05, 0) is 52.5 Å². The maximum absolute atomic E-state index is 13.6. The van der Waals surface area contributed by atoms with Gasteiger partial charge in [0, 0.05) is 13.6 Å². The third kappa shape index (κ3) is 10.8. The van der Waals surface area contributed by atoms with Crippen molar-refractivity contribution in [2.24, 2.45) is 5.92 Å². The van der Waals surface area contributed by atoms with E-state index in [1.165, 1.54) is 11.9 Å². The van der Waals surface area contributed by atoms with Gasteiger partial charge >= 0.3 is 12.1 Å². The van der Waals surface area contributed by atoms with Crippen LogP contribution in [-0.2, 0) is 23.9 Å². The van der Waals surface area contributed by atoms with Gasteiger partial charge in [0.2, 0.25) is 11.8 Å². The number of alkyl carbamates (subject to hydrolysis) is 1. The average Bonchev–Trinajstić information content (AvgIpc) is 2.71. The highest BCUT2D eigenvalue weighted by molar-refractivity contribution is 5.92. The van der Waals surface area contributed by atoms with Crippen molar-refractivity contribution in [3.63, 3.8) is 0 Å². The summed E-state index contributed by atoms with van der Waals surface area (Å²) in [5, 5.41) is 5.40. The van der Waals surface area contributed by atoms with E-state index in [2.05, 4.69) is 10.6 Å². The van der Waals surface area contributed by atoms with Crippen molar-refractivity contribution in [3.8, 4) is 0 Å². The largest absolute Gasteiger partial charge is 0.466 e. The lowest BCUT2D eigenvalue weighted by Crippen LogP contribution is -2.52. The predicted molar refractivity (Wildman–Crippen MR) is 134 cm³/mol. The number of likely N-dealkylation sites (N-methyl/N-ethyl adjacent to an activating group) is 1. The van der Waals surface area contributed by atoms with Crippen LogP contribution in [0.3, 0.4) is 0 Å². The minimum atomic E-state index is -0.959. The van der Waals surface area contributed by atoms with E-state index in [1.807, 2.05) is 39.0 Å². The molecule has 3 amide bonds. The number of hydrogen-bond donors (Lipinski definition) is 2. The Bertz CT molecular complexity index is 878. The third-order valence-electron chi connectivity index (χ3n) is 4.97. The summed E-state index contributed by atoms with van der Waals surface area (Å²) >= 11 is 0. The zero-order chi connectivity index (χ0) is 26.8. The van der Waals surface area contributed by atoms with Crippen molar-refractivity contribution >= 4 is 23.9 Å². The van der Waals surface area contributed by atoms with E-state index < -0.39 is 41.6 Å². The van der Waals surface area contributed by atoms with Crippen LogP contribution in [0, 0.1) is 12.8 Å². The molecule has 1 aromatic carbocycles. The Hall–Kier alpha value is -3.10. The minimum absolute atomic E-state index is 0.0218. The Morgan fingerprint density at radius 2 is 1.77 bits per heavy atom. The molecule has 35 heavy (non-hydrogen) atoms. The molecule has 2 N–H and O–H groups in total. The zero-order valence-electron chi connectivity index (χ0n) is 22.3. The van der Waals surface area contributed by atoms with E-state index in [0.717, 1.165) is 5.56 Å². The van der Waals surface area contributed by atoms with Crippen LogP contribution in [0.25, 0.3) is 0 Å². The molecule has 2 unspecified atom stereocenters. The Morgan fingerprint density at radius 1 is 1.11 bits per heavy atom. The number of nitrogens with one attached hydrogen (secondary N) is 2. The van der Waals surface area contributed by atoms with E-state index in [9.17, 15) is 19.2 Å². The van der Waals surface area contributed by atoms with Crippen molar-refractivity contribution < 1.29 is 28.7 Å². The fourth-order valence-corrected chi connectivity index (χ4v) is 3.52. The smallest absolute Gasteiger partial charge is 0.408 e. The second kappa shape index (κ2) is 13.7. The van der Waals surface area contributed by atoms with Gasteiger partial charge < -0.3 is 25.0 Å². The molecule has 0 aliphatic rings. The Kier molecular flexibility index (Phi) is 11.7. The zero-order valence-corrected chi connectivity index (χ0v) is 22.3. The van der Waals surface area contributed by atoms with Gasteiger partial charge in [-0.25, -0.2) is 4.79 Å². The van der Waals surface area contributed by atoms with E-state index in [4.69, 9.17) is 9.47 Å². The summed E-state index contributed by atoms with van der Waals surface area (Å²) in [5.74, 6) is -1.17. The fourth-order valence-electron chi connectivity index (χ4n) is 3.52. The molecule has 0 spiro atoms. The maximum Gasteiger partial charge on any atom is 0.408 e. The van der Waals surface area contributed by atoms with Crippen LogP contribution in [0.1, 0.15) is 71.6 Å². The SMILES string of the molecule is CCOC(=O)CCNC(=O)C(c1cccc(C)c1)N(C)C(=O)C(CC(C)C)NC(=O)OC(C)(C)C. The summed E-state index contributed by atoms with van der Waals surface area (Å²) in [5.41, 5.74) is 0.831. The summed E-state index contributed by atoms with van der Waals surface area (Å²) in [7, 11) is 1.53. The maximum atomic E-state index is 13.6. The number of esters is 1. The van der Waals surface area contributed by atoms with E-state index in [1.54, 1.807) is 33.8 Å². The fraction of sp³-hybridized carbons (Fsp3) is 0.615. The molecule has 0 aliphatic carbocycles. The molecule has 9 heteroatoms. The first-order valence-corrected chi connectivity index (χ1v) is 12.0. The summed E-state index contributed by atoms with van der Waals surface area (Å²) in [6, 6.07) is 5.47. The van der Waals surface area contributed by atoms with Crippen LogP contribution in [-0.4, -0.2) is 60.6 Å². The van der Waals surface area contributed by atoms with Crippen molar-refractivity contribution in [2.45, 2.75) is 79.0 Å². The molecule has 0 heterocycles. The van der Waals surface area contributed by atoms with E-state index in [-0.39, 0.29) is 25.5 Å². The van der Waals surface area contributed by atoms with Crippen LogP contribution in [0.2, 0.25) is 0 Å². The first kappa shape index (κ1) is 29.9. The number of amides is 3. The van der Waals surface area contributed by atoms with Crippen molar-refractivity contribution in [1.29, 1.82) is 0 Å². The number of aryl methyl sites for hydroxylation is 1. The lowest BCUT2D eigenvalue weighted by atomic mass is 9.99. The highest BCUT2D eigenvalue weighted by Crippen LogP contribution is 2.23. The van der Waals surface area contributed by atoms with Gasteiger partial charge in [0.05, 0.1) is 13.0 Å². The quantitative estimate of drug-likeness (QED) is 0.458. The van der Waals surface area contributed by atoms with Crippen LogP contribution < -0.4 is 10.6 Å². The standard InChI is InChI=1S/C26H41N3O6/c1-9-34-21(30)13-14-27-23(31)22(19-12-10-11-18(4)16-19)29(8)24(32)20(15-17(2)3)28-25(33)35-26(5,6)7/h10-12,16-17,20,22H,9,13-15H2,1-8H3,(H,27,31)(H,28,33). The average molecular weight is 492 g/mol. The second-order valence-electron chi connectivity index (χ2n) is 9.94. The molecule has 0 radical (unpaired) electrons. The molecule has 1 aromatic rings. The normalized spacial score (nSPS) is 12.9. The summed E-state index contributed by atoms with van der Waals surface area (Å²) in [4.78, 5) is 52.2. The molecule has 0 bridgehead atoms. The van der Waals surface area contributed by atoms with Crippen LogP contribution in [0.5, 0.6) is 0 Å². The highest BCUT2D eigenvalue weighted by atomic mass is 16.6. The molecule has 0 saturated heterocycles. The number of nitrogens with zero attached hydrogens (tertiary/aromatic N) is 1. The number of carbonyl (C=O) groups excluding carboxylic acids is 4. The first-order chi connectivity index (χ1) is 16.2. The molecule has 196 valence electrons. The summed E-state index contributed by atoms with van der Waals surface area (Å²) in [6.45, 7) is 13.1. The van der Waals surface area contributed by atoms with Gasteiger partial charge in [-0.3, -0.25) is 14.4 Å². The Morgan fingerprint density at radius 3 is 2.31 bits per heavy atom. The molecule has 0 saturated carbocycles. The molecule has 0 fully saturated rings. The van der Waals surface area contributed by atoms with Gasteiger partial charge in [-0.2, -0.15) is 0 Å². The molecule has 0 aliphatic heterocycles. The number of carbonyl (C=O) groups is 4. The molecule has 1 rings (SSSR count). The predicted octanol–water partition coefficient (Wildman–Crippen LogP) is 3.50. The minimum Gasteiger partial charge on any atom is -0.466 e. The Labute approximate surface area is 208 Å². The summed E-state index contributed by atoms with van der Waals surface area (Å²) < 4.78 is 10.2. The number of ether oxygens (including phenoxy) is 2. The highest BCUT2D eigenvalue weighted by Gasteiger charge is 2.34. The van der Waals surface area contributed by atoms with Gasteiger partial charge in [-0.1, -0.05) is 43.7 Å². The molecular formula is C26H41N3O6. The molecular weight excluding hydrogens is 450 g/mol. The van der Waals surface area contributed by atoms with Gasteiger partial charge in [0.15, 0.2) is 0 Å². The van der Waals surface area contributed by atoms with E-state index >= 15 is 0 Å². The number of rotatable bonds is 11. The lowest BCUT2D eigenvalue weighted by Gasteiger charge is -2.32. The van der Waals surface area contributed by atoms with Crippen LogP contribution in [0.4, 0.5) is 4.79 Å². The molecule has 2 atom stereocenters. The van der Waals surface area contributed by atoms with Gasteiger partial charge in [0.1, 0.15) is 17.7 Å². The van der Waals surface area contributed by atoms with E-state index in [0.29, 0.717) is 12.0 Å². The van der Waals surface area contributed by atoms with Crippen LogP contribution in [0.15, 0.2) is 24.3 Å². The topological polar surface area (TPSA) is 114 Å². The Balaban J connectivity index is 3.16. The third-order valence-corrected chi connectivity index (χ3v) is 4.97. The lowest BCUT2D eigenvalue weighted by molar-refractivity contribution is -0.143. The van der Waals surface area contributed by atoms with Crippen LogP contribution >= 0.6 is 0 Å². The summed E-state index contributed by atoms with van der Waals surface area (Å²) in [6.07, 6.45) is -0.308. The van der Waals surface area contributed by atoms with Crippen molar-refractivity contribution in [1.82, 2.24) is 15.5 Å². The number of benzene rings is 1. The monoisotopic (exact) mass is 491 g/mol. The number of hydrogen-bond acceptors (Lipinski definition) is 6. The van der Waals surface area contributed by atoms with Crippen molar-refractivity contribution in [2.75, 3.05) is 20.2 Å². The molecule has 0 aromatic heterocycles. The van der Waals surface area contributed by atoms with Gasteiger partial charge in [0.25, 0.3) is 0 Å². The second-order valence-corrected chi connectivity index (χ2v) is 9.94. The van der Waals surface area contributed by atoms with Gasteiger partial charge in [-0.15, -0.1) is 0 Å². The first-order valence-electron chi connectivity index (χ1n) is 12.0.